The van der Waals surface area contributed by atoms with Crippen molar-refractivity contribution in [1.82, 2.24) is 30.4 Å². The van der Waals surface area contributed by atoms with E-state index >= 15 is 26.3 Å². The van der Waals surface area contributed by atoms with Crippen LogP contribution in [0.3, 0.4) is 0 Å². The lowest BCUT2D eigenvalue weighted by molar-refractivity contribution is -0.332. The smallest absolute Gasteiger partial charge is 0.429 e. The van der Waals surface area contributed by atoms with Gasteiger partial charge in [-0.1, -0.05) is 72.8 Å². The Morgan fingerprint density at radius 1 is 0.515 bits per heavy atom. The number of hydrogen-bond donors (Lipinski definition) is 1. The molecule has 4 atom stereocenters. The molecule has 6 aromatic rings. The Morgan fingerprint density at radius 3 is 1.20 bits per heavy atom. The molecule has 4 heterocycles. The van der Waals surface area contributed by atoms with E-state index < -0.39 is 174 Å². The Hall–Kier alpha value is -7.53. The van der Waals surface area contributed by atoms with Crippen molar-refractivity contribution in [3.05, 3.63) is 141 Å². The molecule has 532 valence electrons. The van der Waals surface area contributed by atoms with Crippen molar-refractivity contribution in [1.29, 1.82) is 0 Å². The van der Waals surface area contributed by atoms with Crippen molar-refractivity contribution >= 4 is 61.5 Å². The molecule has 0 bridgehead atoms. The molecule has 0 fully saturated rings. The van der Waals surface area contributed by atoms with Crippen LogP contribution in [0.4, 0.5) is 78.4 Å². The van der Waals surface area contributed by atoms with Gasteiger partial charge in [0.25, 0.3) is 34.8 Å². The number of nitrogens with one attached hydrogen (secondary N) is 1. The molecule has 0 spiro atoms. The molecule has 6 rings (SSSR count). The van der Waals surface area contributed by atoms with Crippen LogP contribution in [0.2, 0.25) is 0 Å². The number of rotatable bonds is 18. The van der Waals surface area contributed by atoms with Crippen LogP contribution in [0.1, 0.15) is 138 Å². The summed E-state index contributed by atoms with van der Waals surface area (Å²) in [5, 5.41) is 16.7. The zero-order chi connectivity index (χ0) is 73.7. The first kappa shape index (κ1) is 80.2. The van der Waals surface area contributed by atoms with Gasteiger partial charge < -0.3 is 42.0 Å². The Kier molecular flexibility index (Phi) is 24.7. The fraction of sp³-hybridized carbons (Fsp3) is 0.476. The standard InChI is InChI=1S/C34H39BrF6N4O7.C29H31BrF6N4O5/c1-11-22(50-29(2,3)4)32(34(39,40)41,48-18-19-15-13-12-14-16-19)26-44-43-25(49-26)23-21(17-20(24(35)42-23)33(36,37)38)45(27(46)51-30(5,6)7)28(47)52-31(8,9)10;1-8-19(44-25(2,3)4)27(29(34,35)36,42-15-16-12-10-9-11-13-16)23-40-39-22(43-23)20-18(37-24(41)45-26(5,6)7)14-17(21(30)38-20)28(31,32)33/h11-17,22H,1,18H2,2-10H3;8-14,19H,1,15H2,2-7H3,(H,37,41). The number of amides is 3. The molecular formula is C63H70Br2F12N8O12. The summed E-state index contributed by atoms with van der Waals surface area (Å²) in [6.07, 6.45) is -27.2. The highest BCUT2D eigenvalue weighted by Crippen LogP contribution is 2.51. The van der Waals surface area contributed by atoms with Crippen molar-refractivity contribution in [2.24, 2.45) is 0 Å². The highest BCUT2D eigenvalue weighted by molar-refractivity contribution is 9.10. The number of alkyl halides is 12. The molecule has 0 saturated carbocycles. The van der Waals surface area contributed by atoms with Crippen LogP contribution in [-0.2, 0) is 69.9 Å². The molecule has 4 aromatic heterocycles. The van der Waals surface area contributed by atoms with Gasteiger partial charge in [0.05, 0.1) is 46.9 Å². The van der Waals surface area contributed by atoms with Gasteiger partial charge in [-0.05, 0) is 159 Å². The second-order valence-corrected chi connectivity index (χ2v) is 27.5. The van der Waals surface area contributed by atoms with Crippen molar-refractivity contribution in [2.45, 2.75) is 193 Å². The van der Waals surface area contributed by atoms with Gasteiger partial charge in [-0.25, -0.2) is 24.4 Å². The van der Waals surface area contributed by atoms with Crippen LogP contribution in [0.5, 0.6) is 0 Å². The highest BCUT2D eigenvalue weighted by Gasteiger charge is 2.68. The molecule has 4 unspecified atom stereocenters. The van der Waals surface area contributed by atoms with Crippen molar-refractivity contribution < 1.29 is 109 Å². The fourth-order valence-corrected chi connectivity index (χ4v) is 9.38. The van der Waals surface area contributed by atoms with E-state index in [9.17, 15) is 40.7 Å². The highest BCUT2D eigenvalue weighted by atomic mass is 79.9. The molecule has 0 saturated heterocycles. The Labute approximate surface area is 566 Å². The minimum atomic E-state index is -5.37. The predicted octanol–water partition coefficient (Wildman–Crippen LogP) is 18.5. The Balaban J connectivity index is 0.000000354. The number of imide groups is 1. The maximum absolute atomic E-state index is 15.5. The summed E-state index contributed by atoms with van der Waals surface area (Å²) in [6, 6.07) is 16.6. The van der Waals surface area contributed by atoms with Crippen molar-refractivity contribution in [3.8, 4) is 23.2 Å². The maximum atomic E-state index is 15.5. The lowest BCUT2D eigenvalue weighted by Crippen LogP contribution is -2.55. The third-order valence-electron chi connectivity index (χ3n) is 12.1. The molecule has 0 aliphatic heterocycles. The summed E-state index contributed by atoms with van der Waals surface area (Å²) in [6.45, 7) is 27.9. The monoisotopic (exact) mass is 1520 g/mol. The lowest BCUT2D eigenvalue weighted by Gasteiger charge is -2.40. The van der Waals surface area contributed by atoms with E-state index in [1.807, 2.05) is 0 Å². The van der Waals surface area contributed by atoms with Crippen LogP contribution in [0.15, 0.2) is 116 Å². The first-order valence-corrected chi connectivity index (χ1v) is 30.4. The van der Waals surface area contributed by atoms with Gasteiger partial charge in [0.15, 0.2) is 11.4 Å². The van der Waals surface area contributed by atoms with Crippen LogP contribution in [0.25, 0.3) is 23.2 Å². The SMILES string of the molecule is C=CC(OC(C)(C)C)C(OCc1ccccc1)(c1nnc(-c2nc(Br)c(C(F)(F)F)cc2N(C(=O)OC(C)(C)C)C(=O)OC(C)(C)C)o1)C(F)(F)F.C=CC(OC(C)(C)C)C(OCc1ccccc1)(c1nnc(-c2nc(Br)c(C(F)(F)F)cc2NC(=O)OC(C)(C)C)o1)C(F)(F)F. The zero-order valence-corrected chi connectivity index (χ0v) is 58.1. The molecule has 3 amide bonds. The van der Waals surface area contributed by atoms with E-state index in [2.05, 4.69) is 80.7 Å². The van der Waals surface area contributed by atoms with Crippen molar-refractivity contribution in [2.75, 3.05) is 10.2 Å². The van der Waals surface area contributed by atoms with Crippen LogP contribution < -0.4 is 10.2 Å². The van der Waals surface area contributed by atoms with E-state index in [0.717, 1.165) is 12.2 Å². The minimum absolute atomic E-state index is 0.0998. The van der Waals surface area contributed by atoms with Gasteiger partial charge in [0, 0.05) is 0 Å². The summed E-state index contributed by atoms with van der Waals surface area (Å²) in [5.41, 5.74) is -18.2. The van der Waals surface area contributed by atoms with Crippen molar-refractivity contribution in [3.63, 3.8) is 0 Å². The largest absolute Gasteiger partial charge is 0.444 e. The predicted molar refractivity (Wildman–Crippen MR) is 333 cm³/mol. The number of aromatic nitrogens is 6. The van der Waals surface area contributed by atoms with E-state index in [1.165, 1.54) is 128 Å². The molecule has 2 aromatic carbocycles. The summed E-state index contributed by atoms with van der Waals surface area (Å²) in [4.78, 5) is 47.3. The van der Waals surface area contributed by atoms with Gasteiger partial charge in [0.1, 0.15) is 38.2 Å². The number of ether oxygens (including phenoxy) is 7. The topological polar surface area (TPSA) is 235 Å². The van der Waals surface area contributed by atoms with Gasteiger partial charge in [0.2, 0.25) is 0 Å². The van der Waals surface area contributed by atoms with Crippen LogP contribution in [0, 0.1) is 0 Å². The first-order valence-electron chi connectivity index (χ1n) is 28.8. The lowest BCUT2D eigenvalue weighted by atomic mass is 9.93. The average molecular weight is 1520 g/mol. The average Bonchev–Trinajstić information content (AvgIpc) is 1.72. The van der Waals surface area contributed by atoms with Crippen LogP contribution in [-0.4, -0.2) is 101 Å². The molecular weight excluding hydrogens is 1450 g/mol. The van der Waals surface area contributed by atoms with Gasteiger partial charge in [-0.3, -0.25) is 5.32 Å². The quantitative estimate of drug-likeness (QED) is 0.0364. The van der Waals surface area contributed by atoms with E-state index in [4.69, 9.17) is 42.0 Å². The summed E-state index contributed by atoms with van der Waals surface area (Å²) < 4.78 is 224. The second kappa shape index (κ2) is 29.9. The molecule has 97 heavy (non-hydrogen) atoms. The Morgan fingerprint density at radius 2 is 0.866 bits per heavy atom. The molecule has 34 heteroatoms. The Bertz CT molecular complexity index is 3700. The molecule has 1 N–H and O–H groups in total. The number of nitrogens with zero attached hydrogens (tertiary/aromatic N) is 7. The van der Waals surface area contributed by atoms with Crippen LogP contribution >= 0.6 is 31.9 Å². The van der Waals surface area contributed by atoms with Gasteiger partial charge in [-0.2, -0.15) is 57.6 Å². The number of carbonyl (C=O) groups excluding carboxylic acids is 3. The summed E-state index contributed by atoms with van der Waals surface area (Å²) in [5.74, 6) is -4.14. The van der Waals surface area contributed by atoms with E-state index in [-0.39, 0.29) is 4.90 Å². The van der Waals surface area contributed by atoms with E-state index in [0.29, 0.717) is 23.3 Å². The third kappa shape index (κ3) is 21.0. The number of halogens is 14. The number of benzene rings is 2. The summed E-state index contributed by atoms with van der Waals surface area (Å²) in [7, 11) is 0. The molecule has 0 aliphatic carbocycles. The van der Waals surface area contributed by atoms with Gasteiger partial charge in [-0.15, -0.1) is 33.6 Å². The first-order chi connectivity index (χ1) is 44.2. The van der Waals surface area contributed by atoms with E-state index in [1.54, 1.807) is 36.4 Å². The minimum Gasteiger partial charge on any atom is -0.444 e. The third-order valence-corrected chi connectivity index (χ3v) is 13.3. The second-order valence-electron chi connectivity index (χ2n) is 25.9. The molecule has 0 aliphatic rings. The fourth-order valence-electron chi connectivity index (χ4n) is 8.35. The molecule has 20 nitrogen and oxygen atoms in total. The van der Waals surface area contributed by atoms with Gasteiger partial charge >= 0.3 is 43.0 Å². The zero-order valence-electron chi connectivity index (χ0n) is 54.9. The number of carbonyl (C=O) groups is 3. The molecule has 0 radical (unpaired) electrons. The summed E-state index contributed by atoms with van der Waals surface area (Å²) >= 11 is 5.44. The number of pyridine rings is 2. The number of hydrogen-bond acceptors (Lipinski definition) is 18. The normalized spacial score (nSPS) is 14.8. The number of anilines is 2. The maximum Gasteiger partial charge on any atom is 0.429 e.